The van der Waals surface area contributed by atoms with Gasteiger partial charge in [0, 0.05) is 31.7 Å². The van der Waals surface area contributed by atoms with Crippen LogP contribution in [0.2, 0.25) is 0 Å². The number of amides is 2. The number of thioether (sulfide) groups is 1. The molecule has 0 aromatic heterocycles. The molecule has 1 aliphatic rings. The minimum atomic E-state index is -0.00846. The van der Waals surface area contributed by atoms with E-state index in [2.05, 4.69) is 0 Å². The quantitative estimate of drug-likeness (QED) is 0.842. The van der Waals surface area contributed by atoms with Gasteiger partial charge in [-0.05, 0) is 24.5 Å². The van der Waals surface area contributed by atoms with Crippen LogP contribution in [-0.2, 0) is 4.79 Å². The number of carbonyl (C=O) groups excluding carboxylic acids is 2. The highest BCUT2D eigenvalue weighted by Gasteiger charge is 2.24. The Bertz CT molecular complexity index is 513. The lowest BCUT2D eigenvalue weighted by atomic mass is 10.1. The predicted octanol–water partition coefficient (Wildman–Crippen LogP) is 1.34. The number of nitrogens with zero attached hydrogens (tertiary/aromatic N) is 2. The molecule has 2 rings (SSSR count). The number of ether oxygens (including phenoxy) is 1. The molecule has 0 spiro atoms. The van der Waals surface area contributed by atoms with Crippen LogP contribution in [0.4, 0.5) is 0 Å². The van der Waals surface area contributed by atoms with Crippen molar-refractivity contribution < 1.29 is 14.3 Å². The molecule has 1 aromatic rings. The Balaban J connectivity index is 1.95. The molecule has 114 valence electrons. The summed E-state index contributed by atoms with van der Waals surface area (Å²) in [6.45, 7) is 2.37. The van der Waals surface area contributed by atoms with Gasteiger partial charge in [-0.25, -0.2) is 0 Å². The second kappa shape index (κ2) is 7.36. The van der Waals surface area contributed by atoms with Crippen LogP contribution >= 0.6 is 11.8 Å². The standard InChI is InChI=1S/C15H20N2O3S/c1-20-13-5-3-4-12(10-13)15(19)17-8-6-16(7-9-17)14(18)11-21-2/h3-5,10H,6-9,11H2,1-2H3. The van der Waals surface area contributed by atoms with E-state index in [1.807, 2.05) is 23.3 Å². The Hall–Kier alpha value is -1.69. The van der Waals surface area contributed by atoms with E-state index in [1.165, 1.54) is 11.8 Å². The molecule has 0 N–H and O–H groups in total. The van der Waals surface area contributed by atoms with Gasteiger partial charge in [-0.1, -0.05) is 6.07 Å². The average Bonchev–Trinajstić information content (AvgIpc) is 2.54. The van der Waals surface area contributed by atoms with Gasteiger partial charge < -0.3 is 14.5 Å². The monoisotopic (exact) mass is 308 g/mol. The summed E-state index contributed by atoms with van der Waals surface area (Å²) in [5, 5.41) is 0. The van der Waals surface area contributed by atoms with Gasteiger partial charge in [0.25, 0.3) is 5.91 Å². The lowest BCUT2D eigenvalue weighted by Crippen LogP contribution is -2.51. The van der Waals surface area contributed by atoms with Crippen LogP contribution in [0.5, 0.6) is 5.75 Å². The molecule has 0 aliphatic carbocycles. The maximum absolute atomic E-state index is 12.4. The zero-order valence-corrected chi connectivity index (χ0v) is 13.2. The Morgan fingerprint density at radius 2 is 1.86 bits per heavy atom. The van der Waals surface area contributed by atoms with Gasteiger partial charge in [0.2, 0.25) is 5.91 Å². The number of piperazine rings is 1. The van der Waals surface area contributed by atoms with E-state index in [4.69, 9.17) is 4.74 Å². The summed E-state index contributed by atoms with van der Waals surface area (Å²) < 4.78 is 5.14. The fourth-order valence-corrected chi connectivity index (χ4v) is 2.74. The first-order chi connectivity index (χ1) is 10.2. The summed E-state index contributed by atoms with van der Waals surface area (Å²) in [6.07, 6.45) is 1.92. The third-order valence-electron chi connectivity index (χ3n) is 3.50. The van der Waals surface area contributed by atoms with Gasteiger partial charge in [0.1, 0.15) is 5.75 Å². The van der Waals surface area contributed by atoms with E-state index in [0.29, 0.717) is 43.2 Å². The van der Waals surface area contributed by atoms with E-state index >= 15 is 0 Å². The minimum absolute atomic E-state index is 0.00846. The summed E-state index contributed by atoms with van der Waals surface area (Å²) in [5.41, 5.74) is 0.623. The fraction of sp³-hybridized carbons (Fsp3) is 0.467. The van der Waals surface area contributed by atoms with E-state index in [-0.39, 0.29) is 11.8 Å². The van der Waals surface area contributed by atoms with Crippen LogP contribution in [0.25, 0.3) is 0 Å². The first-order valence-electron chi connectivity index (χ1n) is 6.85. The second-order valence-corrected chi connectivity index (χ2v) is 5.70. The third kappa shape index (κ3) is 3.91. The largest absolute Gasteiger partial charge is 0.497 e. The van der Waals surface area contributed by atoms with Crippen molar-refractivity contribution in [1.82, 2.24) is 9.80 Å². The molecule has 1 saturated heterocycles. The molecule has 0 radical (unpaired) electrons. The molecular weight excluding hydrogens is 288 g/mol. The SMILES string of the molecule is COc1cccc(C(=O)N2CCN(C(=O)CSC)CC2)c1. The van der Waals surface area contributed by atoms with Crippen LogP contribution < -0.4 is 4.74 Å². The molecule has 0 saturated carbocycles. The van der Waals surface area contributed by atoms with Crippen molar-refractivity contribution in [3.8, 4) is 5.75 Å². The molecule has 21 heavy (non-hydrogen) atoms. The maximum atomic E-state index is 12.4. The van der Waals surface area contributed by atoms with Crippen LogP contribution in [0.3, 0.4) is 0 Å². The third-order valence-corrected chi connectivity index (χ3v) is 4.04. The van der Waals surface area contributed by atoms with E-state index in [0.717, 1.165) is 0 Å². The number of hydrogen-bond acceptors (Lipinski definition) is 4. The van der Waals surface area contributed by atoms with Gasteiger partial charge in [0.05, 0.1) is 12.9 Å². The Morgan fingerprint density at radius 3 is 2.48 bits per heavy atom. The molecule has 1 aromatic carbocycles. The highest BCUT2D eigenvalue weighted by Crippen LogP contribution is 2.15. The average molecular weight is 308 g/mol. The van der Waals surface area contributed by atoms with Crippen LogP contribution in [0.15, 0.2) is 24.3 Å². The minimum Gasteiger partial charge on any atom is -0.497 e. The van der Waals surface area contributed by atoms with E-state index < -0.39 is 0 Å². The van der Waals surface area contributed by atoms with E-state index in [9.17, 15) is 9.59 Å². The van der Waals surface area contributed by atoms with Crippen molar-refractivity contribution in [3.05, 3.63) is 29.8 Å². The summed E-state index contributed by atoms with van der Waals surface area (Å²) >= 11 is 1.53. The Morgan fingerprint density at radius 1 is 1.19 bits per heavy atom. The number of benzene rings is 1. The summed E-state index contributed by atoms with van der Waals surface area (Å²) in [7, 11) is 1.58. The van der Waals surface area contributed by atoms with Gasteiger partial charge in [-0.15, -0.1) is 0 Å². The summed E-state index contributed by atoms with van der Waals surface area (Å²) in [4.78, 5) is 27.9. The zero-order chi connectivity index (χ0) is 15.2. The molecule has 0 bridgehead atoms. The molecule has 1 fully saturated rings. The zero-order valence-electron chi connectivity index (χ0n) is 12.4. The number of hydrogen-bond donors (Lipinski definition) is 0. The van der Waals surface area contributed by atoms with Crippen LogP contribution in [0.1, 0.15) is 10.4 Å². The first kappa shape index (κ1) is 15.7. The maximum Gasteiger partial charge on any atom is 0.254 e. The Kier molecular flexibility index (Phi) is 5.50. The lowest BCUT2D eigenvalue weighted by Gasteiger charge is -2.34. The smallest absolute Gasteiger partial charge is 0.254 e. The molecule has 0 atom stereocenters. The fourth-order valence-electron chi connectivity index (χ4n) is 2.31. The van der Waals surface area contributed by atoms with Crippen molar-refractivity contribution in [3.63, 3.8) is 0 Å². The molecule has 6 heteroatoms. The second-order valence-electron chi connectivity index (χ2n) is 4.84. The molecule has 2 amide bonds. The Labute approximate surface area is 129 Å². The lowest BCUT2D eigenvalue weighted by molar-refractivity contribution is -0.129. The summed E-state index contributed by atoms with van der Waals surface area (Å²) in [6, 6.07) is 7.16. The molecular formula is C15H20N2O3S. The number of rotatable bonds is 4. The van der Waals surface area contributed by atoms with Gasteiger partial charge >= 0.3 is 0 Å². The summed E-state index contributed by atoms with van der Waals surface area (Å²) in [5.74, 6) is 1.32. The number of methoxy groups -OCH3 is 1. The van der Waals surface area contributed by atoms with Crippen molar-refractivity contribution in [2.45, 2.75) is 0 Å². The van der Waals surface area contributed by atoms with Crippen LogP contribution in [-0.4, -0.2) is 66.9 Å². The van der Waals surface area contributed by atoms with Gasteiger partial charge in [-0.2, -0.15) is 11.8 Å². The normalized spacial score (nSPS) is 15.0. The molecule has 5 nitrogen and oxygen atoms in total. The number of carbonyl (C=O) groups is 2. The molecule has 1 aliphatic heterocycles. The van der Waals surface area contributed by atoms with Crippen molar-refractivity contribution in [2.75, 3.05) is 45.3 Å². The van der Waals surface area contributed by atoms with Gasteiger partial charge in [0.15, 0.2) is 0 Å². The van der Waals surface area contributed by atoms with Crippen molar-refractivity contribution in [1.29, 1.82) is 0 Å². The molecule has 0 unspecified atom stereocenters. The van der Waals surface area contributed by atoms with Gasteiger partial charge in [-0.3, -0.25) is 9.59 Å². The first-order valence-corrected chi connectivity index (χ1v) is 8.25. The predicted molar refractivity (Wildman–Crippen MR) is 83.9 cm³/mol. The van der Waals surface area contributed by atoms with Crippen LogP contribution in [0, 0.1) is 0 Å². The highest BCUT2D eigenvalue weighted by molar-refractivity contribution is 7.99. The molecule has 1 heterocycles. The van der Waals surface area contributed by atoms with E-state index in [1.54, 1.807) is 24.1 Å². The van der Waals surface area contributed by atoms with Crippen molar-refractivity contribution >= 4 is 23.6 Å². The van der Waals surface area contributed by atoms with Crippen molar-refractivity contribution in [2.24, 2.45) is 0 Å². The topological polar surface area (TPSA) is 49.9 Å². The highest BCUT2D eigenvalue weighted by atomic mass is 32.2.